The molecule has 0 aromatic heterocycles. The second-order valence-corrected chi connectivity index (χ2v) is 5.90. The van der Waals surface area contributed by atoms with Crippen LogP contribution in [-0.4, -0.2) is 17.4 Å². The van der Waals surface area contributed by atoms with Gasteiger partial charge in [0.1, 0.15) is 0 Å². The van der Waals surface area contributed by atoms with Gasteiger partial charge in [0.2, 0.25) is 5.91 Å². The summed E-state index contributed by atoms with van der Waals surface area (Å²) in [6.07, 6.45) is 10.6. The van der Waals surface area contributed by atoms with E-state index >= 15 is 0 Å². The fourth-order valence-electron chi connectivity index (χ4n) is 3.27. The number of hydrogen-bond donors (Lipinski definition) is 0. The number of hydrogen-bond acceptors (Lipinski definition) is 1. The van der Waals surface area contributed by atoms with Crippen LogP contribution >= 0.6 is 0 Å². The third-order valence-electron chi connectivity index (χ3n) is 4.63. The molecule has 2 aliphatic rings. The molecule has 0 aromatic carbocycles. The van der Waals surface area contributed by atoms with Crippen LogP contribution in [0.3, 0.4) is 0 Å². The summed E-state index contributed by atoms with van der Waals surface area (Å²) in [5.41, 5.74) is 0. The molecule has 2 nitrogen and oxygen atoms in total. The number of amides is 1. The van der Waals surface area contributed by atoms with Gasteiger partial charge in [-0.1, -0.05) is 39.2 Å². The van der Waals surface area contributed by atoms with Gasteiger partial charge in [0.25, 0.3) is 0 Å². The molecule has 1 atom stereocenters. The van der Waals surface area contributed by atoms with Gasteiger partial charge in [0.05, 0.1) is 0 Å². The predicted octanol–water partition coefficient (Wildman–Crippen LogP) is 3.58. The lowest BCUT2D eigenvalue weighted by Crippen LogP contribution is -2.22. The Labute approximate surface area is 105 Å². The van der Waals surface area contributed by atoms with Crippen molar-refractivity contribution in [3.63, 3.8) is 0 Å². The lowest BCUT2D eigenvalue weighted by Gasteiger charge is -2.26. The van der Waals surface area contributed by atoms with Crippen molar-refractivity contribution in [3.8, 4) is 0 Å². The van der Waals surface area contributed by atoms with Crippen molar-refractivity contribution < 1.29 is 4.79 Å². The SMILES string of the molecule is C=CN1CCC(CCC2CCC(C)CC2)C1=O. The highest BCUT2D eigenvalue weighted by atomic mass is 16.2. The molecule has 0 N–H and O–H groups in total. The summed E-state index contributed by atoms with van der Waals surface area (Å²) in [5, 5.41) is 0. The molecule has 2 heteroatoms. The lowest BCUT2D eigenvalue weighted by atomic mass is 9.79. The van der Waals surface area contributed by atoms with Crippen LogP contribution in [0.2, 0.25) is 0 Å². The molecular formula is C15H25NO. The highest BCUT2D eigenvalue weighted by molar-refractivity contribution is 5.81. The largest absolute Gasteiger partial charge is 0.319 e. The molecule has 0 spiro atoms. The first-order valence-corrected chi connectivity index (χ1v) is 7.13. The molecule has 0 bridgehead atoms. The normalized spacial score (nSPS) is 34.1. The Balaban J connectivity index is 1.72. The average Bonchev–Trinajstić information content (AvgIpc) is 2.69. The maximum atomic E-state index is 11.9. The minimum Gasteiger partial charge on any atom is -0.319 e. The molecule has 17 heavy (non-hydrogen) atoms. The Hall–Kier alpha value is -0.790. The van der Waals surface area contributed by atoms with Crippen molar-refractivity contribution in [2.75, 3.05) is 6.54 Å². The molecule has 1 unspecified atom stereocenters. The summed E-state index contributed by atoms with van der Waals surface area (Å²) >= 11 is 0. The number of nitrogens with zero attached hydrogens (tertiary/aromatic N) is 1. The summed E-state index contributed by atoms with van der Waals surface area (Å²) in [6.45, 7) is 6.93. The van der Waals surface area contributed by atoms with Crippen molar-refractivity contribution in [1.82, 2.24) is 4.90 Å². The zero-order valence-corrected chi connectivity index (χ0v) is 11.0. The Morgan fingerprint density at radius 2 is 1.94 bits per heavy atom. The topological polar surface area (TPSA) is 20.3 Å². The molecule has 1 aliphatic carbocycles. The second-order valence-electron chi connectivity index (χ2n) is 5.90. The molecule has 1 saturated heterocycles. The van der Waals surface area contributed by atoms with Crippen LogP contribution in [0.5, 0.6) is 0 Å². The van der Waals surface area contributed by atoms with Crippen LogP contribution in [0.1, 0.15) is 51.9 Å². The molecule has 1 heterocycles. The molecule has 96 valence electrons. The van der Waals surface area contributed by atoms with Crippen LogP contribution in [0.15, 0.2) is 12.8 Å². The van der Waals surface area contributed by atoms with Gasteiger partial charge in [-0.25, -0.2) is 0 Å². The van der Waals surface area contributed by atoms with Gasteiger partial charge in [0.15, 0.2) is 0 Å². The van der Waals surface area contributed by atoms with E-state index in [2.05, 4.69) is 13.5 Å². The first-order valence-electron chi connectivity index (χ1n) is 7.13. The first kappa shape index (κ1) is 12.7. The van der Waals surface area contributed by atoms with Crippen LogP contribution in [0, 0.1) is 17.8 Å². The van der Waals surface area contributed by atoms with Gasteiger partial charge in [-0.15, -0.1) is 0 Å². The van der Waals surface area contributed by atoms with E-state index in [0.29, 0.717) is 5.91 Å². The van der Waals surface area contributed by atoms with Gasteiger partial charge in [-0.2, -0.15) is 0 Å². The van der Waals surface area contributed by atoms with Crippen molar-refractivity contribution in [1.29, 1.82) is 0 Å². The van der Waals surface area contributed by atoms with E-state index in [0.717, 1.165) is 31.2 Å². The number of likely N-dealkylation sites (tertiary alicyclic amines) is 1. The van der Waals surface area contributed by atoms with Crippen LogP contribution in [-0.2, 0) is 4.79 Å². The molecular weight excluding hydrogens is 210 g/mol. The van der Waals surface area contributed by atoms with E-state index in [1.54, 1.807) is 11.1 Å². The summed E-state index contributed by atoms with van der Waals surface area (Å²) in [6, 6.07) is 0. The molecule has 0 aromatic rings. The summed E-state index contributed by atoms with van der Waals surface area (Å²) in [5.74, 6) is 2.41. The third kappa shape index (κ3) is 3.11. The zero-order chi connectivity index (χ0) is 12.3. The highest BCUT2D eigenvalue weighted by Crippen LogP contribution is 2.33. The smallest absolute Gasteiger partial charge is 0.229 e. The molecule has 1 amide bonds. The Morgan fingerprint density at radius 1 is 1.24 bits per heavy atom. The minimum atomic E-state index is 0.285. The molecule has 1 saturated carbocycles. The van der Waals surface area contributed by atoms with Gasteiger partial charge >= 0.3 is 0 Å². The van der Waals surface area contributed by atoms with Gasteiger partial charge in [-0.05, 0) is 37.3 Å². The second kappa shape index (κ2) is 5.70. The first-order chi connectivity index (χ1) is 8.20. The minimum absolute atomic E-state index is 0.285. The standard InChI is InChI=1S/C15H25NO/c1-3-16-11-10-14(15(16)17)9-8-13-6-4-12(2)5-7-13/h3,12-14H,1,4-11H2,2H3. The third-order valence-corrected chi connectivity index (χ3v) is 4.63. The Bertz CT molecular complexity index is 279. The Kier molecular flexibility index (Phi) is 4.25. The number of rotatable bonds is 4. The summed E-state index contributed by atoms with van der Waals surface area (Å²) < 4.78 is 0. The highest BCUT2D eigenvalue weighted by Gasteiger charge is 2.30. The van der Waals surface area contributed by atoms with E-state index in [1.807, 2.05) is 0 Å². The van der Waals surface area contributed by atoms with E-state index < -0.39 is 0 Å². The quantitative estimate of drug-likeness (QED) is 0.729. The molecule has 2 fully saturated rings. The van der Waals surface area contributed by atoms with Crippen molar-refractivity contribution in [2.45, 2.75) is 51.9 Å². The van der Waals surface area contributed by atoms with Crippen molar-refractivity contribution >= 4 is 5.91 Å². The van der Waals surface area contributed by atoms with E-state index in [1.165, 1.54) is 32.1 Å². The fraction of sp³-hybridized carbons (Fsp3) is 0.800. The Morgan fingerprint density at radius 3 is 2.53 bits per heavy atom. The average molecular weight is 235 g/mol. The van der Waals surface area contributed by atoms with Crippen LogP contribution in [0.4, 0.5) is 0 Å². The van der Waals surface area contributed by atoms with E-state index in [9.17, 15) is 4.79 Å². The van der Waals surface area contributed by atoms with Gasteiger partial charge in [-0.3, -0.25) is 4.79 Å². The maximum absolute atomic E-state index is 11.9. The van der Waals surface area contributed by atoms with Crippen LogP contribution < -0.4 is 0 Å². The molecule has 0 radical (unpaired) electrons. The molecule has 2 rings (SSSR count). The summed E-state index contributed by atoms with van der Waals surface area (Å²) in [4.78, 5) is 13.7. The van der Waals surface area contributed by atoms with Gasteiger partial charge < -0.3 is 4.90 Å². The zero-order valence-electron chi connectivity index (χ0n) is 11.0. The monoisotopic (exact) mass is 235 g/mol. The fourth-order valence-corrected chi connectivity index (χ4v) is 3.27. The maximum Gasteiger partial charge on any atom is 0.229 e. The van der Waals surface area contributed by atoms with Crippen LogP contribution in [0.25, 0.3) is 0 Å². The number of carbonyl (C=O) groups excluding carboxylic acids is 1. The number of carbonyl (C=O) groups is 1. The van der Waals surface area contributed by atoms with Crippen molar-refractivity contribution in [3.05, 3.63) is 12.8 Å². The van der Waals surface area contributed by atoms with E-state index in [4.69, 9.17) is 0 Å². The summed E-state index contributed by atoms with van der Waals surface area (Å²) in [7, 11) is 0. The van der Waals surface area contributed by atoms with Gasteiger partial charge in [0, 0.05) is 12.5 Å². The van der Waals surface area contributed by atoms with E-state index in [-0.39, 0.29) is 5.92 Å². The lowest BCUT2D eigenvalue weighted by molar-refractivity contribution is -0.129. The predicted molar refractivity (Wildman–Crippen MR) is 70.4 cm³/mol. The molecule has 1 aliphatic heterocycles. The van der Waals surface area contributed by atoms with Crippen molar-refractivity contribution in [2.24, 2.45) is 17.8 Å².